The van der Waals surface area contributed by atoms with E-state index in [4.69, 9.17) is 4.74 Å². The number of benzene rings is 2. The molecule has 2 aromatic rings. The van der Waals surface area contributed by atoms with Gasteiger partial charge in [0.1, 0.15) is 0 Å². The summed E-state index contributed by atoms with van der Waals surface area (Å²) in [4.78, 5) is 12.5. The van der Waals surface area contributed by atoms with Gasteiger partial charge in [-0.3, -0.25) is 9.52 Å². The summed E-state index contributed by atoms with van der Waals surface area (Å²) in [5, 5.41) is 2.86. The number of sulfonamides is 1. The van der Waals surface area contributed by atoms with Crippen molar-refractivity contribution in [2.24, 2.45) is 0 Å². The molecule has 1 fully saturated rings. The monoisotopic (exact) mass is 374 g/mol. The maximum Gasteiger partial charge on any atom is 0.261 e. The van der Waals surface area contributed by atoms with E-state index < -0.39 is 10.0 Å². The molecular weight excluding hydrogens is 352 g/mol. The Morgan fingerprint density at radius 2 is 1.96 bits per heavy atom. The first-order valence-corrected chi connectivity index (χ1v) is 10.0. The highest BCUT2D eigenvalue weighted by molar-refractivity contribution is 7.92. The van der Waals surface area contributed by atoms with E-state index in [1.165, 1.54) is 12.1 Å². The van der Waals surface area contributed by atoms with Crippen LogP contribution in [-0.2, 0) is 14.8 Å². The van der Waals surface area contributed by atoms with Crippen molar-refractivity contribution in [3.63, 3.8) is 0 Å². The highest BCUT2D eigenvalue weighted by atomic mass is 32.2. The van der Waals surface area contributed by atoms with Crippen LogP contribution in [0.1, 0.15) is 28.8 Å². The summed E-state index contributed by atoms with van der Waals surface area (Å²) in [6, 6.07) is 13.1. The molecule has 2 aromatic carbocycles. The molecule has 1 amide bonds. The molecule has 138 valence electrons. The Balaban J connectivity index is 1.68. The summed E-state index contributed by atoms with van der Waals surface area (Å²) in [7, 11) is -3.66. The Hall–Kier alpha value is -2.38. The summed E-state index contributed by atoms with van der Waals surface area (Å²) >= 11 is 0. The molecule has 7 heteroatoms. The molecule has 1 aliphatic heterocycles. The number of rotatable bonds is 6. The van der Waals surface area contributed by atoms with Crippen LogP contribution in [0.3, 0.4) is 0 Å². The second-order valence-corrected chi connectivity index (χ2v) is 7.98. The van der Waals surface area contributed by atoms with E-state index in [1.54, 1.807) is 43.3 Å². The van der Waals surface area contributed by atoms with Gasteiger partial charge in [-0.1, -0.05) is 18.2 Å². The minimum atomic E-state index is -3.66. The molecule has 1 atom stereocenters. The maximum atomic E-state index is 12.4. The molecule has 3 rings (SSSR count). The van der Waals surface area contributed by atoms with Crippen LogP contribution in [0.25, 0.3) is 0 Å². The van der Waals surface area contributed by atoms with Crippen LogP contribution in [0.5, 0.6) is 0 Å². The number of ether oxygens (including phenoxy) is 1. The molecule has 0 spiro atoms. The number of amides is 1. The molecule has 0 aromatic heterocycles. The van der Waals surface area contributed by atoms with Crippen molar-refractivity contribution in [3.8, 4) is 0 Å². The van der Waals surface area contributed by atoms with E-state index in [-0.39, 0.29) is 16.9 Å². The number of carbonyl (C=O) groups is 1. The quantitative estimate of drug-likeness (QED) is 0.814. The van der Waals surface area contributed by atoms with E-state index in [2.05, 4.69) is 10.0 Å². The van der Waals surface area contributed by atoms with Gasteiger partial charge in [0.05, 0.1) is 16.7 Å². The molecule has 0 saturated carbocycles. The van der Waals surface area contributed by atoms with E-state index in [0.29, 0.717) is 23.4 Å². The van der Waals surface area contributed by atoms with Crippen LogP contribution in [0, 0.1) is 6.92 Å². The first kappa shape index (κ1) is 18.4. The number of carbonyl (C=O) groups excluding carboxylic acids is 1. The first-order chi connectivity index (χ1) is 12.5. The Labute approximate surface area is 153 Å². The average Bonchev–Trinajstić information content (AvgIpc) is 3.15. The first-order valence-electron chi connectivity index (χ1n) is 8.54. The molecule has 2 N–H and O–H groups in total. The molecule has 26 heavy (non-hydrogen) atoms. The SMILES string of the molecule is Cc1cc(C(=O)NCC2CCCO2)ccc1NS(=O)(=O)c1ccccc1. The van der Waals surface area contributed by atoms with Crippen LogP contribution in [0.4, 0.5) is 5.69 Å². The fourth-order valence-corrected chi connectivity index (χ4v) is 3.99. The highest BCUT2D eigenvalue weighted by Crippen LogP contribution is 2.21. The molecule has 6 nitrogen and oxygen atoms in total. The molecule has 0 aliphatic carbocycles. The zero-order chi connectivity index (χ0) is 18.6. The second-order valence-electron chi connectivity index (χ2n) is 6.29. The number of aryl methyl sites for hydroxylation is 1. The summed E-state index contributed by atoms with van der Waals surface area (Å²) in [6.07, 6.45) is 2.06. The lowest BCUT2D eigenvalue weighted by molar-refractivity contribution is 0.0857. The molecule has 0 radical (unpaired) electrons. The van der Waals surface area contributed by atoms with E-state index in [0.717, 1.165) is 19.4 Å². The van der Waals surface area contributed by atoms with Crippen molar-refractivity contribution in [3.05, 3.63) is 59.7 Å². The van der Waals surface area contributed by atoms with Crippen molar-refractivity contribution in [2.45, 2.75) is 30.8 Å². The van der Waals surface area contributed by atoms with Gasteiger partial charge in [0.15, 0.2) is 0 Å². The Morgan fingerprint density at radius 1 is 1.19 bits per heavy atom. The Kier molecular flexibility index (Phi) is 5.58. The van der Waals surface area contributed by atoms with Crippen molar-refractivity contribution in [1.82, 2.24) is 5.32 Å². The summed E-state index contributed by atoms with van der Waals surface area (Å²) < 4.78 is 32.9. The molecule has 1 unspecified atom stereocenters. The van der Waals surface area contributed by atoms with Gasteiger partial charge in [-0.25, -0.2) is 8.42 Å². The number of anilines is 1. The molecule has 1 heterocycles. The Bertz CT molecular complexity index is 876. The van der Waals surface area contributed by atoms with Gasteiger partial charge in [-0.2, -0.15) is 0 Å². The van der Waals surface area contributed by atoms with Crippen molar-refractivity contribution < 1.29 is 17.9 Å². The lowest BCUT2D eigenvalue weighted by Gasteiger charge is -2.13. The maximum absolute atomic E-state index is 12.4. The van der Waals surface area contributed by atoms with Crippen LogP contribution in [0.2, 0.25) is 0 Å². The van der Waals surface area contributed by atoms with Crippen LogP contribution < -0.4 is 10.0 Å². The fraction of sp³-hybridized carbons (Fsp3) is 0.316. The van der Waals surface area contributed by atoms with Gasteiger partial charge in [0.25, 0.3) is 15.9 Å². The van der Waals surface area contributed by atoms with Crippen LogP contribution >= 0.6 is 0 Å². The topological polar surface area (TPSA) is 84.5 Å². The summed E-state index contributed by atoms with van der Waals surface area (Å²) in [5.41, 5.74) is 1.61. The number of hydrogen-bond acceptors (Lipinski definition) is 4. The molecule has 1 aliphatic rings. The minimum absolute atomic E-state index is 0.0806. The predicted molar refractivity (Wildman–Crippen MR) is 99.7 cm³/mol. The van der Waals surface area contributed by atoms with E-state index in [9.17, 15) is 13.2 Å². The van der Waals surface area contributed by atoms with Crippen LogP contribution in [-0.4, -0.2) is 33.6 Å². The molecule has 1 saturated heterocycles. The largest absolute Gasteiger partial charge is 0.376 e. The van der Waals surface area contributed by atoms with Gasteiger partial charge in [-0.05, 0) is 55.7 Å². The lowest BCUT2D eigenvalue weighted by atomic mass is 10.1. The third kappa shape index (κ3) is 4.42. The van der Waals surface area contributed by atoms with Crippen molar-refractivity contribution in [2.75, 3.05) is 17.9 Å². The zero-order valence-corrected chi connectivity index (χ0v) is 15.4. The molecular formula is C19H22N2O4S. The van der Waals surface area contributed by atoms with E-state index in [1.807, 2.05) is 0 Å². The van der Waals surface area contributed by atoms with Gasteiger partial charge >= 0.3 is 0 Å². The van der Waals surface area contributed by atoms with Crippen molar-refractivity contribution >= 4 is 21.6 Å². The third-order valence-electron chi connectivity index (χ3n) is 4.30. The number of nitrogens with one attached hydrogen (secondary N) is 2. The normalized spacial score (nSPS) is 17.0. The van der Waals surface area contributed by atoms with Crippen LogP contribution in [0.15, 0.2) is 53.4 Å². The number of hydrogen-bond donors (Lipinski definition) is 2. The smallest absolute Gasteiger partial charge is 0.261 e. The third-order valence-corrected chi connectivity index (χ3v) is 5.68. The lowest BCUT2D eigenvalue weighted by Crippen LogP contribution is -2.31. The average molecular weight is 374 g/mol. The predicted octanol–water partition coefficient (Wildman–Crippen LogP) is 2.70. The fourth-order valence-electron chi connectivity index (χ4n) is 2.84. The molecule has 0 bridgehead atoms. The van der Waals surface area contributed by atoms with Crippen molar-refractivity contribution in [1.29, 1.82) is 0 Å². The second kappa shape index (κ2) is 7.88. The van der Waals surface area contributed by atoms with Gasteiger partial charge < -0.3 is 10.1 Å². The minimum Gasteiger partial charge on any atom is -0.376 e. The van der Waals surface area contributed by atoms with Gasteiger partial charge in [0, 0.05) is 18.7 Å². The van der Waals surface area contributed by atoms with Gasteiger partial charge in [-0.15, -0.1) is 0 Å². The zero-order valence-electron chi connectivity index (χ0n) is 14.6. The highest BCUT2D eigenvalue weighted by Gasteiger charge is 2.18. The Morgan fingerprint density at radius 3 is 2.62 bits per heavy atom. The summed E-state index contributed by atoms with van der Waals surface area (Å²) in [6.45, 7) is 3.00. The van der Waals surface area contributed by atoms with Gasteiger partial charge in [0.2, 0.25) is 0 Å². The van der Waals surface area contributed by atoms with E-state index >= 15 is 0 Å². The summed E-state index contributed by atoms with van der Waals surface area (Å²) in [5.74, 6) is -0.193. The standard InChI is InChI=1S/C19H22N2O4S/c1-14-12-15(19(22)20-13-16-6-5-11-25-16)9-10-18(14)21-26(23,24)17-7-3-2-4-8-17/h2-4,7-10,12,16,21H,5-6,11,13H2,1H3,(H,20,22).